The van der Waals surface area contributed by atoms with Crippen LogP contribution in [0.15, 0.2) is 12.7 Å². The van der Waals surface area contributed by atoms with E-state index in [0.29, 0.717) is 18.3 Å². The highest BCUT2D eigenvalue weighted by Gasteiger charge is 2.56. The third kappa shape index (κ3) is 1.90. The van der Waals surface area contributed by atoms with E-state index in [0.717, 1.165) is 18.3 Å². The van der Waals surface area contributed by atoms with Gasteiger partial charge in [0.2, 0.25) is 0 Å². The van der Waals surface area contributed by atoms with Crippen molar-refractivity contribution in [3.63, 3.8) is 0 Å². The molecule has 0 aromatic heterocycles. The van der Waals surface area contributed by atoms with E-state index in [4.69, 9.17) is 4.74 Å². The molecule has 0 aliphatic heterocycles. The highest BCUT2D eigenvalue weighted by atomic mass is 16.6. The lowest BCUT2D eigenvalue weighted by Gasteiger charge is -2.59. The molecule has 4 aliphatic rings. The molecule has 4 saturated carbocycles. The molecule has 2 nitrogen and oxygen atoms in total. The standard InChI is InChI=1S/C16H24O2/c1-3-4-5-15(17)18-16(2)13-7-11-6-12(9-13)10-14(16)8-11/h3,11-14H,1,4-10H2,2H3. The molecule has 4 rings (SSSR count). The molecule has 0 atom stereocenters. The average Bonchev–Trinajstić information content (AvgIpc) is 2.33. The van der Waals surface area contributed by atoms with Crippen LogP contribution in [0.4, 0.5) is 0 Å². The van der Waals surface area contributed by atoms with Crippen LogP contribution in [0.25, 0.3) is 0 Å². The van der Waals surface area contributed by atoms with E-state index >= 15 is 0 Å². The Hall–Kier alpha value is -0.790. The molecule has 0 amide bonds. The number of hydrogen-bond acceptors (Lipinski definition) is 2. The SMILES string of the molecule is C=CCCC(=O)OC1(C)C2CC3CC(C2)CC1C3. The lowest BCUT2D eigenvalue weighted by molar-refractivity contribution is -0.203. The number of hydrogen-bond donors (Lipinski definition) is 0. The van der Waals surface area contributed by atoms with E-state index in [1.54, 1.807) is 6.08 Å². The minimum Gasteiger partial charge on any atom is -0.459 e. The molecule has 0 aromatic carbocycles. The van der Waals surface area contributed by atoms with Gasteiger partial charge in [0.15, 0.2) is 0 Å². The predicted octanol–water partition coefficient (Wildman–Crippen LogP) is 3.71. The number of allylic oxidation sites excluding steroid dienone is 1. The molecule has 2 heteroatoms. The van der Waals surface area contributed by atoms with E-state index in [2.05, 4.69) is 13.5 Å². The van der Waals surface area contributed by atoms with E-state index in [9.17, 15) is 4.79 Å². The Balaban J connectivity index is 1.70. The van der Waals surface area contributed by atoms with Crippen molar-refractivity contribution >= 4 is 5.97 Å². The van der Waals surface area contributed by atoms with Gasteiger partial charge < -0.3 is 4.74 Å². The first-order valence-corrected chi connectivity index (χ1v) is 7.44. The van der Waals surface area contributed by atoms with Crippen LogP contribution in [0, 0.1) is 23.7 Å². The van der Waals surface area contributed by atoms with E-state index in [-0.39, 0.29) is 11.6 Å². The van der Waals surface area contributed by atoms with Crippen molar-refractivity contribution in [1.29, 1.82) is 0 Å². The van der Waals surface area contributed by atoms with Gasteiger partial charge in [-0.2, -0.15) is 0 Å². The molecule has 0 radical (unpaired) electrons. The number of carbonyl (C=O) groups excluding carboxylic acids is 1. The van der Waals surface area contributed by atoms with Gasteiger partial charge in [0.1, 0.15) is 5.60 Å². The zero-order valence-corrected chi connectivity index (χ0v) is 11.4. The van der Waals surface area contributed by atoms with Crippen molar-refractivity contribution in [3.8, 4) is 0 Å². The molecule has 0 spiro atoms. The van der Waals surface area contributed by atoms with Gasteiger partial charge in [0.05, 0.1) is 0 Å². The van der Waals surface area contributed by atoms with Gasteiger partial charge in [0, 0.05) is 6.42 Å². The second kappa shape index (κ2) is 4.40. The molecule has 0 N–H and O–H groups in total. The first-order chi connectivity index (χ1) is 8.61. The Labute approximate surface area is 110 Å². The zero-order valence-electron chi connectivity index (χ0n) is 11.4. The van der Waals surface area contributed by atoms with Crippen LogP contribution in [-0.2, 0) is 9.53 Å². The minimum atomic E-state index is -0.161. The lowest BCUT2D eigenvalue weighted by atomic mass is 9.50. The number of carbonyl (C=O) groups is 1. The Morgan fingerprint density at radius 3 is 2.28 bits per heavy atom. The molecular weight excluding hydrogens is 224 g/mol. The van der Waals surface area contributed by atoms with Gasteiger partial charge >= 0.3 is 5.97 Å². The Morgan fingerprint density at radius 1 is 1.22 bits per heavy atom. The van der Waals surface area contributed by atoms with Crippen LogP contribution < -0.4 is 0 Å². The topological polar surface area (TPSA) is 26.3 Å². The summed E-state index contributed by atoms with van der Waals surface area (Å²) in [5, 5.41) is 0. The minimum absolute atomic E-state index is 0.0233. The average molecular weight is 248 g/mol. The van der Waals surface area contributed by atoms with Crippen molar-refractivity contribution in [1.82, 2.24) is 0 Å². The summed E-state index contributed by atoms with van der Waals surface area (Å²) in [4.78, 5) is 11.9. The summed E-state index contributed by atoms with van der Waals surface area (Å²) in [5.74, 6) is 3.08. The largest absolute Gasteiger partial charge is 0.459 e. The second-order valence-corrected chi connectivity index (χ2v) is 6.79. The molecule has 4 fully saturated rings. The van der Waals surface area contributed by atoms with Crippen molar-refractivity contribution in [2.75, 3.05) is 0 Å². The zero-order chi connectivity index (χ0) is 12.8. The van der Waals surface area contributed by atoms with Gasteiger partial charge in [0.25, 0.3) is 0 Å². The highest BCUT2D eigenvalue weighted by molar-refractivity contribution is 5.70. The fraction of sp³-hybridized carbons (Fsp3) is 0.812. The highest BCUT2D eigenvalue weighted by Crippen LogP contribution is 2.59. The second-order valence-electron chi connectivity index (χ2n) is 6.79. The number of rotatable bonds is 4. The maximum atomic E-state index is 11.9. The molecule has 0 aromatic rings. The smallest absolute Gasteiger partial charge is 0.306 e. The van der Waals surface area contributed by atoms with E-state index in [1.807, 2.05) is 0 Å². The molecule has 18 heavy (non-hydrogen) atoms. The normalized spacial score (nSPS) is 44.9. The van der Waals surface area contributed by atoms with E-state index in [1.165, 1.54) is 32.1 Å². The van der Waals surface area contributed by atoms with Gasteiger partial charge in [-0.05, 0) is 69.1 Å². The summed E-state index contributed by atoms with van der Waals surface area (Å²) >= 11 is 0. The van der Waals surface area contributed by atoms with Crippen molar-refractivity contribution in [3.05, 3.63) is 12.7 Å². The molecular formula is C16H24O2. The number of esters is 1. The molecule has 0 heterocycles. The van der Waals surface area contributed by atoms with Crippen LogP contribution in [0.3, 0.4) is 0 Å². The lowest BCUT2D eigenvalue weighted by Crippen LogP contribution is -2.57. The summed E-state index contributed by atoms with van der Waals surface area (Å²) in [5.41, 5.74) is -0.161. The van der Waals surface area contributed by atoms with Gasteiger partial charge in [-0.15, -0.1) is 6.58 Å². The first-order valence-electron chi connectivity index (χ1n) is 7.44. The summed E-state index contributed by atoms with van der Waals surface area (Å²) in [6, 6.07) is 0. The fourth-order valence-corrected chi connectivity index (χ4v) is 4.80. The summed E-state index contributed by atoms with van der Waals surface area (Å²) in [6.45, 7) is 5.86. The molecule has 0 unspecified atom stereocenters. The Kier molecular flexibility index (Phi) is 2.99. The number of ether oxygens (including phenoxy) is 1. The van der Waals surface area contributed by atoms with Crippen molar-refractivity contribution in [2.45, 2.75) is 57.5 Å². The molecule has 4 bridgehead atoms. The fourth-order valence-electron chi connectivity index (χ4n) is 4.80. The first kappa shape index (κ1) is 12.3. The third-order valence-electron chi connectivity index (χ3n) is 5.65. The van der Waals surface area contributed by atoms with Crippen molar-refractivity contribution < 1.29 is 9.53 Å². The summed E-state index contributed by atoms with van der Waals surface area (Å²) in [6.07, 6.45) is 9.61. The maximum Gasteiger partial charge on any atom is 0.306 e. The van der Waals surface area contributed by atoms with Gasteiger partial charge in [-0.25, -0.2) is 0 Å². The summed E-state index contributed by atoms with van der Waals surface area (Å²) < 4.78 is 5.93. The predicted molar refractivity (Wildman–Crippen MR) is 71.0 cm³/mol. The summed E-state index contributed by atoms with van der Waals surface area (Å²) in [7, 11) is 0. The van der Waals surface area contributed by atoms with Crippen LogP contribution in [0.2, 0.25) is 0 Å². The van der Waals surface area contributed by atoms with Crippen LogP contribution >= 0.6 is 0 Å². The molecule has 0 saturated heterocycles. The molecule has 100 valence electrons. The van der Waals surface area contributed by atoms with E-state index < -0.39 is 0 Å². The van der Waals surface area contributed by atoms with Crippen LogP contribution in [0.1, 0.15) is 51.9 Å². The monoisotopic (exact) mass is 248 g/mol. The quantitative estimate of drug-likeness (QED) is 0.560. The Bertz CT molecular complexity index is 330. The van der Waals surface area contributed by atoms with Crippen molar-refractivity contribution in [2.24, 2.45) is 23.7 Å². The Morgan fingerprint density at radius 2 is 1.78 bits per heavy atom. The van der Waals surface area contributed by atoms with Gasteiger partial charge in [-0.3, -0.25) is 4.79 Å². The molecule has 4 aliphatic carbocycles. The van der Waals surface area contributed by atoms with Crippen LogP contribution in [0.5, 0.6) is 0 Å². The maximum absolute atomic E-state index is 11.9. The van der Waals surface area contributed by atoms with Crippen LogP contribution in [-0.4, -0.2) is 11.6 Å². The third-order valence-corrected chi connectivity index (χ3v) is 5.65. The van der Waals surface area contributed by atoms with Gasteiger partial charge in [-0.1, -0.05) is 6.08 Å².